The number of alkyl halides is 1. The number of carbonyl (C=O) groups is 1. The molecule has 0 aliphatic rings. The van der Waals surface area contributed by atoms with Crippen LogP contribution in [0, 0.1) is 13.8 Å². The zero-order valence-corrected chi connectivity index (χ0v) is 11.2. The van der Waals surface area contributed by atoms with Crippen molar-refractivity contribution in [3.05, 3.63) is 29.3 Å². The molecule has 0 aromatic heterocycles. The number of para-hydroxylation sites is 1. The van der Waals surface area contributed by atoms with Gasteiger partial charge < -0.3 is 5.32 Å². The number of amides is 1. The van der Waals surface area contributed by atoms with Crippen molar-refractivity contribution in [3.63, 3.8) is 0 Å². The fourth-order valence-electron chi connectivity index (χ4n) is 1.41. The highest BCUT2D eigenvalue weighted by Gasteiger charge is 2.16. The number of hydrogen-bond donors (Lipinski definition) is 1. The van der Waals surface area contributed by atoms with E-state index in [-0.39, 0.29) is 12.5 Å². The first kappa shape index (κ1) is 13.8. The van der Waals surface area contributed by atoms with Crippen molar-refractivity contribution in [2.75, 3.05) is 11.9 Å². The van der Waals surface area contributed by atoms with Gasteiger partial charge in [-0.05, 0) is 37.2 Å². The number of thiocarbonyl (C=S) groups is 1. The minimum Gasteiger partial charge on any atom is -0.324 e. The lowest BCUT2D eigenvalue weighted by Crippen LogP contribution is -2.26. The Kier molecular flexibility index (Phi) is 5.29. The molecule has 0 bridgehead atoms. The van der Waals surface area contributed by atoms with Crippen LogP contribution in [0.15, 0.2) is 23.2 Å². The average Bonchev–Trinajstić information content (AvgIpc) is 2.30. The highest BCUT2D eigenvalue weighted by atomic mass is 35.5. The summed E-state index contributed by atoms with van der Waals surface area (Å²) in [7, 11) is 0. The summed E-state index contributed by atoms with van der Waals surface area (Å²) < 4.78 is 0. The molecule has 5 heteroatoms. The Morgan fingerprint density at radius 3 is 2.65 bits per heavy atom. The van der Waals surface area contributed by atoms with Crippen molar-refractivity contribution < 1.29 is 4.79 Å². The molecule has 0 heterocycles. The highest BCUT2D eigenvalue weighted by molar-refractivity contribution is 7.78. The van der Waals surface area contributed by atoms with Gasteiger partial charge >= 0.3 is 0 Å². The van der Waals surface area contributed by atoms with Gasteiger partial charge in [0, 0.05) is 5.69 Å². The van der Waals surface area contributed by atoms with E-state index in [2.05, 4.69) is 27.7 Å². The third-order valence-electron chi connectivity index (χ3n) is 2.33. The summed E-state index contributed by atoms with van der Waals surface area (Å²) in [4.78, 5) is 15.4. The molecular weight excluding hydrogens is 256 g/mol. The molecule has 0 fully saturated rings. The molecule has 1 atom stereocenters. The van der Waals surface area contributed by atoms with Crippen molar-refractivity contribution in [1.29, 1.82) is 0 Å². The van der Waals surface area contributed by atoms with Crippen LogP contribution in [0.1, 0.15) is 11.1 Å². The molecule has 0 saturated carbocycles. The maximum Gasteiger partial charge on any atom is 0.244 e. The topological polar surface area (TPSA) is 41.5 Å². The van der Waals surface area contributed by atoms with E-state index < -0.39 is 5.38 Å². The van der Waals surface area contributed by atoms with Crippen LogP contribution in [0.25, 0.3) is 0 Å². The van der Waals surface area contributed by atoms with Gasteiger partial charge in [-0.15, -0.1) is 11.6 Å². The maximum absolute atomic E-state index is 11.8. The van der Waals surface area contributed by atoms with E-state index in [4.69, 9.17) is 11.6 Å². The van der Waals surface area contributed by atoms with Gasteiger partial charge in [-0.1, -0.05) is 18.2 Å². The molecule has 1 aromatic carbocycles. The standard InChI is InChI=1S/C12H13ClN2OS/c1-8-4-3-5-9(2)11(8)15-12(16)10(13)6-14-7-17/h3-5,10H,6H2,1-2H3,(H,15,16). The third kappa shape index (κ3) is 3.93. The van der Waals surface area contributed by atoms with E-state index in [9.17, 15) is 4.79 Å². The van der Waals surface area contributed by atoms with Crippen LogP contribution in [0.5, 0.6) is 0 Å². The number of aliphatic imine (C=N–C) groups is 1. The Labute approximate surface area is 111 Å². The number of isothiocyanates is 1. The van der Waals surface area contributed by atoms with E-state index in [1.165, 1.54) is 0 Å². The summed E-state index contributed by atoms with van der Waals surface area (Å²) in [6.45, 7) is 4.00. The minimum absolute atomic E-state index is 0.141. The van der Waals surface area contributed by atoms with Crippen molar-refractivity contribution >= 4 is 40.6 Å². The van der Waals surface area contributed by atoms with Gasteiger partial charge in [0.25, 0.3) is 0 Å². The van der Waals surface area contributed by atoms with Gasteiger partial charge in [-0.2, -0.15) is 0 Å². The largest absolute Gasteiger partial charge is 0.324 e. The highest BCUT2D eigenvalue weighted by Crippen LogP contribution is 2.20. The molecule has 0 aliphatic heterocycles. The van der Waals surface area contributed by atoms with E-state index in [0.717, 1.165) is 16.8 Å². The van der Waals surface area contributed by atoms with Gasteiger partial charge in [-0.25, -0.2) is 4.99 Å². The zero-order valence-electron chi connectivity index (χ0n) is 9.66. The summed E-state index contributed by atoms with van der Waals surface area (Å²) >= 11 is 10.3. The number of nitrogens with one attached hydrogen (secondary N) is 1. The van der Waals surface area contributed by atoms with Gasteiger partial charge in [0.05, 0.1) is 11.7 Å². The molecule has 1 amide bonds. The summed E-state index contributed by atoms with van der Waals surface area (Å²) in [5.74, 6) is -0.280. The molecule has 3 nitrogen and oxygen atoms in total. The van der Waals surface area contributed by atoms with Crippen molar-refractivity contribution in [2.45, 2.75) is 19.2 Å². The van der Waals surface area contributed by atoms with Crippen LogP contribution in [0.4, 0.5) is 5.69 Å². The van der Waals surface area contributed by atoms with Gasteiger partial charge in [0.15, 0.2) is 0 Å². The third-order valence-corrected chi connectivity index (χ3v) is 2.80. The molecular formula is C12H13ClN2OS. The van der Waals surface area contributed by atoms with Gasteiger partial charge in [0.2, 0.25) is 5.91 Å². The molecule has 0 radical (unpaired) electrons. The second-order valence-corrected chi connectivity index (χ2v) is 4.36. The number of nitrogens with zero attached hydrogens (tertiary/aromatic N) is 1. The monoisotopic (exact) mass is 268 g/mol. The summed E-state index contributed by atoms with van der Waals surface area (Å²) in [6, 6.07) is 5.80. The predicted octanol–water partition coefficient (Wildman–Crippen LogP) is 2.95. The lowest BCUT2D eigenvalue weighted by molar-refractivity contribution is -0.115. The van der Waals surface area contributed by atoms with E-state index in [0.29, 0.717) is 0 Å². The molecule has 1 unspecified atom stereocenters. The first-order valence-corrected chi connectivity index (χ1v) is 5.95. The first-order valence-electron chi connectivity index (χ1n) is 5.11. The Bertz CT molecular complexity index is 449. The fourth-order valence-corrected chi connectivity index (χ4v) is 1.61. The number of halogens is 1. The van der Waals surface area contributed by atoms with Gasteiger partial charge in [0.1, 0.15) is 5.38 Å². The van der Waals surface area contributed by atoms with Crippen molar-refractivity contribution in [1.82, 2.24) is 0 Å². The number of hydrogen-bond acceptors (Lipinski definition) is 3. The first-order chi connectivity index (χ1) is 8.06. The van der Waals surface area contributed by atoms with Crippen LogP contribution in [0.2, 0.25) is 0 Å². The van der Waals surface area contributed by atoms with E-state index in [1.54, 1.807) is 0 Å². The number of rotatable bonds is 4. The van der Waals surface area contributed by atoms with Crippen LogP contribution < -0.4 is 5.32 Å². The van der Waals surface area contributed by atoms with Crippen LogP contribution in [-0.2, 0) is 4.79 Å². The Morgan fingerprint density at radius 1 is 1.53 bits per heavy atom. The number of aryl methyl sites for hydroxylation is 2. The van der Waals surface area contributed by atoms with Crippen molar-refractivity contribution in [2.24, 2.45) is 4.99 Å². The Morgan fingerprint density at radius 2 is 2.12 bits per heavy atom. The summed E-state index contributed by atoms with van der Waals surface area (Å²) in [5, 5.41) is 4.25. The second-order valence-electron chi connectivity index (χ2n) is 3.66. The smallest absolute Gasteiger partial charge is 0.244 e. The molecule has 0 aliphatic carbocycles. The van der Waals surface area contributed by atoms with Gasteiger partial charge in [-0.3, -0.25) is 4.79 Å². The predicted molar refractivity (Wildman–Crippen MR) is 74.1 cm³/mol. The molecule has 90 valence electrons. The van der Waals surface area contributed by atoms with Crippen LogP contribution in [0.3, 0.4) is 0 Å². The number of benzene rings is 1. The lowest BCUT2D eigenvalue weighted by atomic mass is 10.1. The average molecular weight is 269 g/mol. The SMILES string of the molecule is Cc1cccc(C)c1NC(=O)C(Cl)CN=C=S. The maximum atomic E-state index is 11.8. The summed E-state index contributed by atoms with van der Waals surface area (Å²) in [5.41, 5.74) is 2.80. The minimum atomic E-state index is -0.732. The zero-order chi connectivity index (χ0) is 12.8. The molecule has 1 aromatic rings. The molecule has 17 heavy (non-hydrogen) atoms. The summed E-state index contributed by atoms with van der Waals surface area (Å²) in [6.07, 6.45) is 0. The number of carbonyl (C=O) groups excluding carboxylic acids is 1. The van der Waals surface area contributed by atoms with E-state index >= 15 is 0 Å². The van der Waals surface area contributed by atoms with Crippen LogP contribution in [-0.4, -0.2) is 23.0 Å². The fraction of sp³-hybridized carbons (Fsp3) is 0.333. The van der Waals surface area contributed by atoms with E-state index in [1.807, 2.05) is 32.0 Å². The molecule has 1 rings (SSSR count). The molecule has 0 spiro atoms. The second kappa shape index (κ2) is 6.50. The quantitative estimate of drug-likeness (QED) is 0.518. The van der Waals surface area contributed by atoms with Crippen molar-refractivity contribution in [3.8, 4) is 0 Å². The molecule has 0 saturated heterocycles. The van der Waals surface area contributed by atoms with Crippen LogP contribution >= 0.6 is 23.8 Å². The number of anilines is 1. The normalized spacial score (nSPS) is 11.5. The Balaban J connectivity index is 2.77. The Hall–Kier alpha value is -1.22. The molecule has 1 N–H and O–H groups in total. The lowest BCUT2D eigenvalue weighted by Gasteiger charge is -2.13.